The van der Waals surface area contributed by atoms with E-state index in [4.69, 9.17) is 0 Å². The average molecular weight is 343 g/mol. The first-order chi connectivity index (χ1) is 11.7. The molecule has 0 aliphatic carbocycles. The molecule has 1 amide bonds. The fraction of sp³-hybridized carbons (Fsp3) is 0.421. The molecule has 0 radical (unpaired) electrons. The van der Waals surface area contributed by atoms with Crippen molar-refractivity contribution < 1.29 is 4.79 Å². The second-order valence-electron chi connectivity index (χ2n) is 6.41. The summed E-state index contributed by atoms with van der Waals surface area (Å²) in [4.78, 5) is 15.8. The molecule has 1 atom stereocenters. The number of benzene rings is 1. The molecule has 1 aromatic carbocycles. The molecule has 1 fully saturated rings. The monoisotopic (exact) mass is 343 g/mol. The summed E-state index contributed by atoms with van der Waals surface area (Å²) in [5, 5.41) is 8.88. The minimum Gasteiger partial charge on any atom is -0.380 e. The van der Waals surface area contributed by atoms with Gasteiger partial charge in [0.1, 0.15) is 0 Å². The Morgan fingerprint density at radius 1 is 1.38 bits per heavy atom. The maximum atomic E-state index is 12.7. The zero-order chi connectivity index (χ0) is 16.8. The van der Waals surface area contributed by atoms with Crippen molar-refractivity contribution in [3.63, 3.8) is 0 Å². The fourth-order valence-corrected chi connectivity index (χ4v) is 3.78. The quantitative estimate of drug-likeness (QED) is 0.844. The van der Waals surface area contributed by atoms with Crippen molar-refractivity contribution >= 4 is 22.9 Å². The van der Waals surface area contributed by atoms with Gasteiger partial charge in [0.2, 0.25) is 0 Å². The Morgan fingerprint density at radius 2 is 2.29 bits per heavy atom. The summed E-state index contributed by atoms with van der Waals surface area (Å²) >= 11 is 1.73. The van der Waals surface area contributed by atoms with Crippen LogP contribution >= 0.6 is 11.3 Å². The molecule has 128 valence electrons. The lowest BCUT2D eigenvalue weighted by Crippen LogP contribution is -2.39. The number of thiophene rings is 1. The minimum absolute atomic E-state index is 0.0975. The van der Waals surface area contributed by atoms with Gasteiger partial charge in [0, 0.05) is 36.3 Å². The summed E-state index contributed by atoms with van der Waals surface area (Å²) in [5.41, 5.74) is 1.74. The topological polar surface area (TPSA) is 44.4 Å². The number of hydrogen-bond donors (Lipinski definition) is 2. The van der Waals surface area contributed by atoms with Gasteiger partial charge in [-0.15, -0.1) is 11.3 Å². The highest BCUT2D eigenvalue weighted by atomic mass is 32.1. The van der Waals surface area contributed by atoms with E-state index < -0.39 is 0 Å². The highest BCUT2D eigenvalue weighted by molar-refractivity contribution is 7.09. The van der Waals surface area contributed by atoms with Crippen LogP contribution in [0.3, 0.4) is 0 Å². The van der Waals surface area contributed by atoms with Gasteiger partial charge >= 0.3 is 0 Å². The first-order valence-electron chi connectivity index (χ1n) is 8.55. The van der Waals surface area contributed by atoms with E-state index in [-0.39, 0.29) is 5.91 Å². The molecule has 24 heavy (non-hydrogen) atoms. The second-order valence-corrected chi connectivity index (χ2v) is 7.44. The Balaban J connectivity index is 1.58. The summed E-state index contributed by atoms with van der Waals surface area (Å²) in [7, 11) is 1.91. The summed E-state index contributed by atoms with van der Waals surface area (Å²) in [6, 6.07) is 12.0. The van der Waals surface area contributed by atoms with Crippen LogP contribution in [0, 0.1) is 5.92 Å². The fourth-order valence-electron chi connectivity index (χ4n) is 3.13. The Kier molecular flexibility index (Phi) is 5.88. The number of rotatable bonds is 6. The normalized spacial score (nSPS) is 17.5. The smallest absolute Gasteiger partial charge is 0.253 e. The van der Waals surface area contributed by atoms with Crippen LogP contribution in [-0.4, -0.2) is 37.5 Å². The molecule has 1 aliphatic heterocycles. The highest BCUT2D eigenvalue weighted by Gasteiger charge is 2.19. The SMILES string of the molecule is CN(CC1CCCNC1)C(=O)c1cccc(NCc2cccs2)c1. The molecular weight excluding hydrogens is 318 g/mol. The molecule has 1 saturated heterocycles. The van der Waals surface area contributed by atoms with E-state index in [1.807, 2.05) is 36.2 Å². The Labute approximate surface area is 147 Å². The second kappa shape index (κ2) is 8.31. The molecule has 2 heterocycles. The van der Waals surface area contributed by atoms with Crippen molar-refractivity contribution in [1.29, 1.82) is 0 Å². The van der Waals surface area contributed by atoms with Gasteiger partial charge in [0.25, 0.3) is 5.91 Å². The molecule has 3 rings (SSSR count). The van der Waals surface area contributed by atoms with Gasteiger partial charge in [0.15, 0.2) is 0 Å². The van der Waals surface area contributed by atoms with E-state index >= 15 is 0 Å². The lowest BCUT2D eigenvalue weighted by atomic mass is 9.99. The van der Waals surface area contributed by atoms with Crippen molar-refractivity contribution in [2.75, 3.05) is 32.0 Å². The molecule has 2 aromatic rings. The van der Waals surface area contributed by atoms with Crippen molar-refractivity contribution in [2.24, 2.45) is 5.92 Å². The number of carbonyl (C=O) groups is 1. The molecule has 5 heteroatoms. The molecule has 0 bridgehead atoms. The number of hydrogen-bond acceptors (Lipinski definition) is 4. The predicted molar refractivity (Wildman–Crippen MR) is 101 cm³/mol. The molecule has 1 unspecified atom stereocenters. The molecular formula is C19H25N3OS. The predicted octanol–water partition coefficient (Wildman–Crippen LogP) is 3.43. The molecule has 0 saturated carbocycles. The van der Waals surface area contributed by atoms with E-state index in [1.165, 1.54) is 17.7 Å². The summed E-state index contributed by atoms with van der Waals surface area (Å²) in [6.07, 6.45) is 2.40. The average Bonchev–Trinajstić information content (AvgIpc) is 3.14. The van der Waals surface area contributed by atoms with Crippen LogP contribution in [0.1, 0.15) is 28.1 Å². The van der Waals surface area contributed by atoms with Gasteiger partial charge in [-0.1, -0.05) is 12.1 Å². The van der Waals surface area contributed by atoms with E-state index in [0.29, 0.717) is 5.92 Å². The maximum Gasteiger partial charge on any atom is 0.253 e. The maximum absolute atomic E-state index is 12.7. The Bertz CT molecular complexity index is 650. The van der Waals surface area contributed by atoms with Crippen LogP contribution in [0.5, 0.6) is 0 Å². The summed E-state index contributed by atoms with van der Waals surface area (Å²) in [6.45, 7) is 3.73. The van der Waals surface area contributed by atoms with Crippen LogP contribution in [-0.2, 0) is 6.54 Å². The van der Waals surface area contributed by atoms with Crippen molar-refractivity contribution in [1.82, 2.24) is 10.2 Å². The van der Waals surface area contributed by atoms with Gasteiger partial charge in [-0.2, -0.15) is 0 Å². The van der Waals surface area contributed by atoms with Crippen molar-refractivity contribution in [2.45, 2.75) is 19.4 Å². The lowest BCUT2D eigenvalue weighted by molar-refractivity contribution is 0.0765. The van der Waals surface area contributed by atoms with Crippen LogP contribution in [0.25, 0.3) is 0 Å². The number of piperidine rings is 1. The van der Waals surface area contributed by atoms with Gasteiger partial charge in [-0.25, -0.2) is 0 Å². The van der Waals surface area contributed by atoms with Crippen molar-refractivity contribution in [3.8, 4) is 0 Å². The Hall–Kier alpha value is -1.85. The minimum atomic E-state index is 0.0975. The summed E-state index contributed by atoms with van der Waals surface area (Å²) < 4.78 is 0. The number of amides is 1. The third-order valence-electron chi connectivity index (χ3n) is 4.43. The van der Waals surface area contributed by atoms with Crippen LogP contribution in [0.15, 0.2) is 41.8 Å². The van der Waals surface area contributed by atoms with E-state index in [1.54, 1.807) is 11.3 Å². The number of carbonyl (C=O) groups excluding carboxylic acids is 1. The van der Waals surface area contributed by atoms with E-state index in [2.05, 4.69) is 28.1 Å². The van der Waals surface area contributed by atoms with Gasteiger partial charge in [0.05, 0.1) is 0 Å². The molecule has 4 nitrogen and oxygen atoms in total. The molecule has 1 aliphatic rings. The van der Waals surface area contributed by atoms with Gasteiger partial charge < -0.3 is 15.5 Å². The van der Waals surface area contributed by atoms with Crippen LogP contribution < -0.4 is 10.6 Å². The first-order valence-corrected chi connectivity index (χ1v) is 9.43. The first kappa shape index (κ1) is 17.0. The zero-order valence-electron chi connectivity index (χ0n) is 14.1. The zero-order valence-corrected chi connectivity index (χ0v) is 14.9. The van der Waals surface area contributed by atoms with Crippen LogP contribution in [0.2, 0.25) is 0 Å². The van der Waals surface area contributed by atoms with E-state index in [0.717, 1.165) is 37.4 Å². The molecule has 0 spiro atoms. The lowest BCUT2D eigenvalue weighted by Gasteiger charge is -2.27. The summed E-state index contributed by atoms with van der Waals surface area (Å²) in [5.74, 6) is 0.660. The molecule has 1 aromatic heterocycles. The highest BCUT2D eigenvalue weighted by Crippen LogP contribution is 2.17. The van der Waals surface area contributed by atoms with Crippen LogP contribution in [0.4, 0.5) is 5.69 Å². The largest absolute Gasteiger partial charge is 0.380 e. The number of nitrogens with one attached hydrogen (secondary N) is 2. The third kappa shape index (κ3) is 4.58. The van der Waals surface area contributed by atoms with Crippen molar-refractivity contribution in [3.05, 3.63) is 52.2 Å². The van der Waals surface area contributed by atoms with E-state index in [9.17, 15) is 4.79 Å². The Morgan fingerprint density at radius 3 is 3.04 bits per heavy atom. The third-order valence-corrected chi connectivity index (χ3v) is 5.31. The van der Waals surface area contributed by atoms with Gasteiger partial charge in [-0.3, -0.25) is 4.79 Å². The standard InChI is InChI=1S/C19H25N3OS/c1-22(14-15-5-3-9-20-12-15)19(23)16-6-2-7-17(11-16)21-13-18-8-4-10-24-18/h2,4,6-8,10-11,15,20-21H,3,5,9,12-14H2,1H3. The number of nitrogens with zero attached hydrogens (tertiary/aromatic N) is 1. The van der Waals surface area contributed by atoms with Gasteiger partial charge in [-0.05, 0) is 61.5 Å². The molecule has 2 N–H and O–H groups in total. The number of anilines is 1.